The van der Waals surface area contributed by atoms with E-state index in [1.807, 2.05) is 0 Å². The van der Waals surface area contributed by atoms with E-state index in [1.165, 1.54) is 18.7 Å². The van der Waals surface area contributed by atoms with Crippen molar-refractivity contribution in [2.24, 2.45) is 11.1 Å². The zero-order valence-electron chi connectivity index (χ0n) is 15.9. The van der Waals surface area contributed by atoms with Gasteiger partial charge >= 0.3 is 0 Å². The molecule has 153 valence electrons. The number of carbonyl (C=O) groups excluding carboxylic acids is 3. The smallest absolute Gasteiger partial charge is 0.260 e. The number of nitrogens with one attached hydrogen (secondary N) is 1. The SMILES string of the molecule is CC(C)(C[CH]C(=O)N[C@H]1CCCN(S(=O)(=O)c2ccccn2)CC1=O)C(N)=O. The summed E-state index contributed by atoms with van der Waals surface area (Å²) in [6.45, 7) is 3.07. The van der Waals surface area contributed by atoms with Crippen molar-refractivity contribution in [1.29, 1.82) is 0 Å². The molecule has 0 aliphatic carbocycles. The molecule has 2 rings (SSSR count). The number of sulfonamides is 1. The van der Waals surface area contributed by atoms with Crippen molar-refractivity contribution in [2.75, 3.05) is 13.1 Å². The highest BCUT2D eigenvalue weighted by atomic mass is 32.2. The third kappa shape index (κ3) is 5.35. The van der Waals surface area contributed by atoms with Crippen LogP contribution in [-0.2, 0) is 24.4 Å². The number of nitrogens with zero attached hydrogens (tertiary/aromatic N) is 2. The van der Waals surface area contributed by atoms with Gasteiger partial charge in [0.1, 0.15) is 0 Å². The molecule has 1 fully saturated rings. The van der Waals surface area contributed by atoms with Gasteiger partial charge in [0.25, 0.3) is 10.0 Å². The Kier molecular flexibility index (Phi) is 6.89. The van der Waals surface area contributed by atoms with Crippen molar-refractivity contribution in [2.45, 2.75) is 44.2 Å². The number of hydrogen-bond acceptors (Lipinski definition) is 6. The van der Waals surface area contributed by atoms with E-state index in [0.717, 1.165) is 4.31 Å². The molecule has 1 aromatic rings. The van der Waals surface area contributed by atoms with Crippen LogP contribution in [-0.4, -0.2) is 54.4 Å². The van der Waals surface area contributed by atoms with Gasteiger partial charge in [-0.25, -0.2) is 13.4 Å². The maximum atomic E-state index is 12.7. The fourth-order valence-corrected chi connectivity index (χ4v) is 4.04. The predicted molar refractivity (Wildman–Crippen MR) is 101 cm³/mol. The van der Waals surface area contributed by atoms with Crippen LogP contribution in [0.25, 0.3) is 0 Å². The molecular formula is C18H25N4O5S. The number of amides is 2. The number of rotatable bonds is 7. The molecule has 0 aromatic carbocycles. The van der Waals surface area contributed by atoms with E-state index < -0.39 is 39.1 Å². The summed E-state index contributed by atoms with van der Waals surface area (Å²) in [6, 6.07) is 3.75. The Bertz CT molecular complexity index is 839. The number of nitrogens with two attached hydrogens (primary N) is 1. The van der Waals surface area contributed by atoms with E-state index in [0.29, 0.717) is 12.8 Å². The Morgan fingerprint density at radius 2 is 2.11 bits per heavy atom. The summed E-state index contributed by atoms with van der Waals surface area (Å²) in [6.07, 6.45) is 3.53. The number of pyridine rings is 1. The molecule has 1 atom stereocenters. The van der Waals surface area contributed by atoms with Gasteiger partial charge in [-0.2, -0.15) is 4.31 Å². The minimum atomic E-state index is -3.88. The average Bonchev–Trinajstić information content (AvgIpc) is 2.83. The topological polar surface area (TPSA) is 140 Å². The number of primary amides is 1. The van der Waals surface area contributed by atoms with Gasteiger partial charge in [0.2, 0.25) is 11.8 Å². The summed E-state index contributed by atoms with van der Waals surface area (Å²) < 4.78 is 26.4. The van der Waals surface area contributed by atoms with Crippen LogP contribution in [0.5, 0.6) is 0 Å². The van der Waals surface area contributed by atoms with Crippen LogP contribution in [0.2, 0.25) is 0 Å². The van der Waals surface area contributed by atoms with Crippen LogP contribution < -0.4 is 11.1 Å². The predicted octanol–water partition coefficient (Wildman–Crippen LogP) is 0.0259. The number of Topliss-reactive ketones (excluding diaryl/α,β-unsaturated/α-hetero) is 1. The minimum absolute atomic E-state index is 0.118. The van der Waals surface area contributed by atoms with Crippen LogP contribution in [0.15, 0.2) is 29.4 Å². The lowest BCUT2D eigenvalue weighted by atomic mass is 9.87. The highest BCUT2D eigenvalue weighted by molar-refractivity contribution is 7.89. The minimum Gasteiger partial charge on any atom is -0.369 e. The highest BCUT2D eigenvalue weighted by Crippen LogP contribution is 2.21. The Morgan fingerprint density at radius 1 is 1.39 bits per heavy atom. The standard InChI is InChI=1S/C18H25N4O5S/c1-18(2,17(19)25)9-8-15(24)21-13-6-5-11-22(12-14(13)23)28(26,27)16-7-3-4-10-20-16/h3-4,7-8,10,13H,5-6,9,11-12H2,1-2H3,(H2,19,25)(H,21,24)/t13-/m0/s1. The fraction of sp³-hybridized carbons (Fsp3) is 0.500. The van der Waals surface area contributed by atoms with Crippen LogP contribution in [0.4, 0.5) is 0 Å². The zero-order chi connectivity index (χ0) is 20.9. The molecule has 0 unspecified atom stereocenters. The van der Waals surface area contributed by atoms with Gasteiger partial charge in [0.05, 0.1) is 19.0 Å². The summed E-state index contributed by atoms with van der Waals surface area (Å²) in [5.41, 5.74) is 4.40. The normalized spacial score (nSPS) is 19.1. The number of aromatic nitrogens is 1. The maximum Gasteiger partial charge on any atom is 0.260 e. The van der Waals surface area contributed by atoms with Crippen molar-refractivity contribution in [3.05, 3.63) is 30.8 Å². The first-order valence-electron chi connectivity index (χ1n) is 8.91. The molecular weight excluding hydrogens is 384 g/mol. The second-order valence-corrected chi connectivity index (χ2v) is 9.22. The van der Waals surface area contributed by atoms with Gasteiger partial charge in [-0.15, -0.1) is 0 Å². The number of ketones is 1. The molecule has 2 amide bonds. The van der Waals surface area contributed by atoms with Crippen molar-refractivity contribution < 1.29 is 22.8 Å². The largest absolute Gasteiger partial charge is 0.369 e. The summed E-state index contributed by atoms with van der Waals surface area (Å²) in [7, 11) is -3.88. The van der Waals surface area contributed by atoms with Gasteiger partial charge in [-0.05, 0) is 31.4 Å². The molecule has 1 radical (unpaired) electrons. The summed E-state index contributed by atoms with van der Waals surface area (Å²) >= 11 is 0. The van der Waals surface area contributed by atoms with Crippen LogP contribution in [0, 0.1) is 11.8 Å². The number of carbonyl (C=O) groups is 3. The van der Waals surface area contributed by atoms with Gasteiger partial charge < -0.3 is 11.1 Å². The van der Waals surface area contributed by atoms with E-state index in [2.05, 4.69) is 10.3 Å². The fourth-order valence-electron chi connectivity index (χ4n) is 2.66. The lowest BCUT2D eigenvalue weighted by Crippen LogP contribution is -2.44. The van der Waals surface area contributed by atoms with E-state index in [4.69, 9.17) is 5.73 Å². The van der Waals surface area contributed by atoms with Crippen LogP contribution in [0.1, 0.15) is 33.1 Å². The van der Waals surface area contributed by atoms with Gasteiger partial charge in [0, 0.05) is 18.2 Å². The molecule has 3 N–H and O–H groups in total. The lowest BCUT2D eigenvalue weighted by molar-refractivity contribution is -0.127. The molecule has 1 aliphatic heterocycles. The Balaban J connectivity index is 1.99. The molecule has 10 heteroatoms. The maximum absolute atomic E-state index is 12.7. The molecule has 1 aromatic heterocycles. The summed E-state index contributed by atoms with van der Waals surface area (Å²) in [5.74, 6) is -1.42. The summed E-state index contributed by atoms with van der Waals surface area (Å²) in [5, 5.41) is 2.48. The molecule has 2 heterocycles. The molecule has 0 bridgehead atoms. The van der Waals surface area contributed by atoms with E-state index in [9.17, 15) is 22.8 Å². The van der Waals surface area contributed by atoms with Gasteiger partial charge in [-0.3, -0.25) is 14.4 Å². The monoisotopic (exact) mass is 409 g/mol. The van der Waals surface area contributed by atoms with E-state index in [-0.39, 0.29) is 24.5 Å². The van der Waals surface area contributed by atoms with Crippen LogP contribution in [0.3, 0.4) is 0 Å². The first-order valence-corrected chi connectivity index (χ1v) is 10.4. The number of hydrogen-bond donors (Lipinski definition) is 2. The Morgan fingerprint density at radius 3 is 2.71 bits per heavy atom. The third-order valence-corrected chi connectivity index (χ3v) is 6.41. The molecule has 9 nitrogen and oxygen atoms in total. The third-order valence-electron chi connectivity index (χ3n) is 4.64. The van der Waals surface area contributed by atoms with Crippen molar-refractivity contribution in [3.63, 3.8) is 0 Å². The molecule has 1 aliphatic rings. The Hall–Kier alpha value is -2.33. The van der Waals surface area contributed by atoms with Gasteiger partial charge in [0.15, 0.2) is 10.8 Å². The first-order chi connectivity index (χ1) is 13.0. The second-order valence-electron chi connectivity index (χ2n) is 7.33. The van der Waals surface area contributed by atoms with Crippen molar-refractivity contribution in [3.8, 4) is 0 Å². The van der Waals surface area contributed by atoms with Crippen molar-refractivity contribution in [1.82, 2.24) is 14.6 Å². The van der Waals surface area contributed by atoms with Crippen molar-refractivity contribution >= 4 is 27.6 Å². The second kappa shape index (κ2) is 8.78. The highest BCUT2D eigenvalue weighted by Gasteiger charge is 2.34. The first kappa shape index (κ1) is 22.0. The lowest BCUT2D eigenvalue weighted by Gasteiger charge is -2.21. The quantitative estimate of drug-likeness (QED) is 0.651. The molecule has 0 saturated carbocycles. The van der Waals surface area contributed by atoms with E-state index in [1.54, 1.807) is 26.0 Å². The van der Waals surface area contributed by atoms with E-state index >= 15 is 0 Å². The zero-order valence-corrected chi connectivity index (χ0v) is 16.7. The molecule has 0 spiro atoms. The molecule has 1 saturated heterocycles. The molecule has 28 heavy (non-hydrogen) atoms. The van der Waals surface area contributed by atoms with Gasteiger partial charge in [-0.1, -0.05) is 19.9 Å². The summed E-state index contributed by atoms with van der Waals surface area (Å²) in [4.78, 5) is 39.8. The average molecular weight is 409 g/mol. The Labute approximate surface area is 164 Å². The van der Waals surface area contributed by atoms with Crippen LogP contribution >= 0.6 is 0 Å².